The lowest BCUT2D eigenvalue weighted by molar-refractivity contribution is 0.281. The maximum atomic E-state index is 5.71. The second kappa shape index (κ2) is 7.12. The Morgan fingerprint density at radius 2 is 2.26 bits per heavy atom. The molecule has 19 heavy (non-hydrogen) atoms. The van der Waals surface area contributed by atoms with Crippen molar-refractivity contribution < 1.29 is 4.74 Å². The number of rotatable bonds is 4. The van der Waals surface area contributed by atoms with Gasteiger partial charge in [-0.3, -0.25) is 4.90 Å². The third-order valence-corrected chi connectivity index (χ3v) is 4.56. The second-order valence-corrected chi connectivity index (χ2v) is 6.30. The van der Waals surface area contributed by atoms with Gasteiger partial charge in [0.15, 0.2) is 0 Å². The van der Waals surface area contributed by atoms with Crippen molar-refractivity contribution in [1.29, 1.82) is 0 Å². The molecule has 0 saturated carbocycles. The van der Waals surface area contributed by atoms with Gasteiger partial charge in [0.25, 0.3) is 0 Å². The Kier molecular flexibility index (Phi) is 5.48. The molecule has 2 rings (SSSR count). The summed E-state index contributed by atoms with van der Waals surface area (Å²) in [6, 6.07) is 5.93. The van der Waals surface area contributed by atoms with Crippen LogP contribution >= 0.6 is 24.0 Å². The van der Waals surface area contributed by atoms with Gasteiger partial charge in [-0.2, -0.15) is 11.8 Å². The lowest BCUT2D eigenvalue weighted by Crippen LogP contribution is -2.26. The summed E-state index contributed by atoms with van der Waals surface area (Å²) in [5.74, 6) is 3.38. The molecule has 1 fully saturated rings. The molecular formula is C14H20N2OS2. The van der Waals surface area contributed by atoms with Crippen LogP contribution in [0.4, 0.5) is 0 Å². The molecule has 1 aromatic rings. The Morgan fingerprint density at radius 3 is 3.00 bits per heavy atom. The van der Waals surface area contributed by atoms with E-state index in [9.17, 15) is 0 Å². The zero-order valence-electron chi connectivity index (χ0n) is 11.2. The van der Waals surface area contributed by atoms with Crippen LogP contribution in [0.25, 0.3) is 0 Å². The number of ether oxygens (including phenoxy) is 1. The first-order valence-corrected chi connectivity index (χ1v) is 8.04. The van der Waals surface area contributed by atoms with Crippen LogP contribution in [0.15, 0.2) is 18.2 Å². The van der Waals surface area contributed by atoms with Crippen LogP contribution in [-0.4, -0.2) is 41.6 Å². The number of hydrogen-bond donors (Lipinski definition) is 1. The highest BCUT2D eigenvalue weighted by molar-refractivity contribution is 7.99. The third-order valence-electron chi connectivity index (χ3n) is 3.27. The third kappa shape index (κ3) is 4.09. The summed E-state index contributed by atoms with van der Waals surface area (Å²) in [6.07, 6.45) is 1.25. The zero-order chi connectivity index (χ0) is 13.7. The van der Waals surface area contributed by atoms with E-state index in [-0.39, 0.29) is 0 Å². The predicted molar refractivity (Wildman–Crippen MR) is 86.1 cm³/mol. The van der Waals surface area contributed by atoms with Gasteiger partial charge < -0.3 is 10.5 Å². The molecular weight excluding hydrogens is 276 g/mol. The van der Waals surface area contributed by atoms with Crippen LogP contribution in [-0.2, 0) is 6.54 Å². The number of methoxy groups -OCH3 is 1. The fourth-order valence-electron chi connectivity index (χ4n) is 2.25. The van der Waals surface area contributed by atoms with Gasteiger partial charge in [-0.15, -0.1) is 0 Å². The Hall–Kier alpha value is -0.780. The highest BCUT2D eigenvalue weighted by Gasteiger charge is 2.13. The lowest BCUT2D eigenvalue weighted by Gasteiger charge is -2.21. The zero-order valence-corrected chi connectivity index (χ0v) is 12.9. The van der Waals surface area contributed by atoms with Crippen molar-refractivity contribution >= 4 is 29.0 Å². The van der Waals surface area contributed by atoms with Crippen LogP contribution in [0.3, 0.4) is 0 Å². The number of nitrogens with two attached hydrogens (primary N) is 1. The summed E-state index contributed by atoms with van der Waals surface area (Å²) >= 11 is 7.08. The van der Waals surface area contributed by atoms with E-state index in [1.165, 1.54) is 23.5 Å². The summed E-state index contributed by atoms with van der Waals surface area (Å²) in [6.45, 7) is 3.18. The van der Waals surface area contributed by atoms with Crippen molar-refractivity contribution in [3.05, 3.63) is 29.3 Å². The molecule has 1 saturated heterocycles. The van der Waals surface area contributed by atoms with Crippen molar-refractivity contribution in [2.45, 2.75) is 13.0 Å². The average Bonchev–Trinajstić information content (AvgIpc) is 2.67. The molecule has 3 nitrogen and oxygen atoms in total. The van der Waals surface area contributed by atoms with Crippen LogP contribution in [0.1, 0.15) is 17.5 Å². The summed E-state index contributed by atoms with van der Waals surface area (Å²) in [7, 11) is 1.71. The van der Waals surface area contributed by atoms with Crippen molar-refractivity contribution in [3.63, 3.8) is 0 Å². The highest BCUT2D eigenvalue weighted by atomic mass is 32.2. The molecule has 0 radical (unpaired) electrons. The normalized spacial score (nSPS) is 16.9. The number of thiocarbonyl (C=S) groups is 1. The van der Waals surface area contributed by atoms with Crippen molar-refractivity contribution in [3.8, 4) is 5.75 Å². The van der Waals surface area contributed by atoms with Gasteiger partial charge in [0.1, 0.15) is 10.7 Å². The average molecular weight is 296 g/mol. The van der Waals surface area contributed by atoms with Gasteiger partial charge in [-0.05, 0) is 36.9 Å². The second-order valence-electron chi connectivity index (χ2n) is 4.63. The van der Waals surface area contributed by atoms with E-state index in [1.54, 1.807) is 7.11 Å². The molecule has 1 aromatic carbocycles. The Labute approximate surface area is 124 Å². The molecule has 0 aliphatic carbocycles. The van der Waals surface area contributed by atoms with Crippen LogP contribution in [0.2, 0.25) is 0 Å². The van der Waals surface area contributed by atoms with E-state index in [0.29, 0.717) is 4.99 Å². The standard InChI is InChI=1S/C14H20N2OS2/c1-17-13-4-3-11(14(15)18)9-12(13)10-16-5-2-7-19-8-6-16/h3-4,9H,2,5-8,10H2,1H3,(H2,15,18). The first-order valence-electron chi connectivity index (χ1n) is 6.47. The minimum atomic E-state index is 0.440. The summed E-state index contributed by atoms with van der Waals surface area (Å²) in [4.78, 5) is 2.91. The maximum absolute atomic E-state index is 5.71. The molecule has 0 atom stereocenters. The molecule has 0 unspecified atom stereocenters. The van der Waals surface area contributed by atoms with Crippen molar-refractivity contribution in [2.75, 3.05) is 31.7 Å². The largest absolute Gasteiger partial charge is 0.496 e. The van der Waals surface area contributed by atoms with Crippen LogP contribution < -0.4 is 10.5 Å². The first-order chi connectivity index (χ1) is 9.20. The van der Waals surface area contributed by atoms with Gasteiger partial charge in [0.05, 0.1) is 7.11 Å². The number of nitrogens with zero attached hydrogens (tertiary/aromatic N) is 1. The fraction of sp³-hybridized carbons (Fsp3) is 0.500. The molecule has 1 aliphatic rings. The first kappa shape index (κ1) is 14.6. The molecule has 2 N–H and O–H groups in total. The van der Waals surface area contributed by atoms with E-state index in [4.69, 9.17) is 22.7 Å². The summed E-state index contributed by atoms with van der Waals surface area (Å²) < 4.78 is 5.44. The molecule has 5 heteroatoms. The van der Waals surface area contributed by atoms with E-state index in [1.807, 2.05) is 23.9 Å². The number of thioether (sulfide) groups is 1. The lowest BCUT2D eigenvalue weighted by atomic mass is 10.1. The molecule has 1 aliphatic heterocycles. The summed E-state index contributed by atoms with van der Waals surface area (Å²) in [5.41, 5.74) is 7.78. The van der Waals surface area contributed by atoms with Gasteiger partial charge >= 0.3 is 0 Å². The highest BCUT2D eigenvalue weighted by Crippen LogP contribution is 2.23. The maximum Gasteiger partial charge on any atom is 0.123 e. The Morgan fingerprint density at radius 1 is 1.42 bits per heavy atom. The monoisotopic (exact) mass is 296 g/mol. The minimum absolute atomic E-state index is 0.440. The number of hydrogen-bond acceptors (Lipinski definition) is 4. The number of benzene rings is 1. The van der Waals surface area contributed by atoms with Gasteiger partial charge in [0, 0.05) is 30.0 Å². The molecule has 0 spiro atoms. The van der Waals surface area contributed by atoms with Crippen molar-refractivity contribution in [2.24, 2.45) is 5.73 Å². The molecule has 104 valence electrons. The Bertz CT molecular complexity index is 443. The minimum Gasteiger partial charge on any atom is -0.496 e. The Balaban J connectivity index is 2.16. The van der Waals surface area contributed by atoms with Gasteiger partial charge in [0.2, 0.25) is 0 Å². The molecule has 1 heterocycles. The predicted octanol–water partition coefficient (Wildman–Crippen LogP) is 2.27. The topological polar surface area (TPSA) is 38.5 Å². The van der Waals surface area contributed by atoms with E-state index < -0.39 is 0 Å². The SMILES string of the molecule is COc1ccc(C(N)=S)cc1CN1CCCSCC1. The fourth-order valence-corrected chi connectivity index (χ4v) is 3.30. The van der Waals surface area contributed by atoms with E-state index in [2.05, 4.69) is 11.0 Å². The smallest absolute Gasteiger partial charge is 0.123 e. The van der Waals surface area contributed by atoms with Gasteiger partial charge in [-0.1, -0.05) is 12.2 Å². The van der Waals surface area contributed by atoms with Gasteiger partial charge in [-0.25, -0.2) is 0 Å². The summed E-state index contributed by atoms with van der Waals surface area (Å²) in [5, 5.41) is 0. The van der Waals surface area contributed by atoms with Crippen LogP contribution in [0.5, 0.6) is 5.75 Å². The van der Waals surface area contributed by atoms with E-state index >= 15 is 0 Å². The molecule has 0 aromatic heterocycles. The quantitative estimate of drug-likeness (QED) is 0.863. The van der Waals surface area contributed by atoms with Crippen LogP contribution in [0, 0.1) is 0 Å². The van der Waals surface area contributed by atoms with E-state index in [0.717, 1.165) is 30.9 Å². The van der Waals surface area contributed by atoms with Crippen molar-refractivity contribution in [1.82, 2.24) is 4.90 Å². The molecule has 0 bridgehead atoms. The molecule has 0 amide bonds.